The van der Waals surface area contributed by atoms with E-state index in [2.05, 4.69) is 42.7 Å². The number of rotatable bonds is 4. The van der Waals surface area contributed by atoms with Gasteiger partial charge in [-0.15, -0.1) is 0 Å². The molecule has 2 aliphatic heterocycles. The molecule has 3 heteroatoms. The molecule has 0 aliphatic carbocycles. The van der Waals surface area contributed by atoms with Crippen LogP contribution in [0.15, 0.2) is 0 Å². The summed E-state index contributed by atoms with van der Waals surface area (Å²) in [6.45, 7) is 12.2. The molecule has 0 spiro atoms. The van der Waals surface area contributed by atoms with Crippen molar-refractivity contribution in [3.63, 3.8) is 0 Å². The quantitative estimate of drug-likeness (QED) is 0.846. The van der Waals surface area contributed by atoms with Crippen LogP contribution < -0.4 is 5.32 Å². The lowest BCUT2D eigenvalue weighted by atomic mass is 9.87. The number of hydrogen-bond acceptors (Lipinski definition) is 3. The highest BCUT2D eigenvalue weighted by Gasteiger charge is 2.28. The Morgan fingerprint density at radius 3 is 2.61 bits per heavy atom. The third-order valence-electron chi connectivity index (χ3n) is 4.46. The molecule has 1 N–H and O–H groups in total. The molecule has 2 fully saturated rings. The van der Waals surface area contributed by atoms with Crippen LogP contribution in [0.2, 0.25) is 0 Å². The van der Waals surface area contributed by atoms with Gasteiger partial charge in [-0.05, 0) is 62.5 Å². The lowest BCUT2D eigenvalue weighted by Gasteiger charge is -2.37. The monoisotopic (exact) mass is 270 g/mol. The Balaban J connectivity index is 1.66. The molecule has 1 unspecified atom stereocenters. The van der Waals surface area contributed by atoms with E-state index >= 15 is 0 Å². The summed E-state index contributed by atoms with van der Waals surface area (Å²) in [6, 6.07) is 0.753. The Labute approximate surface area is 117 Å². The molecule has 0 aromatic rings. The van der Waals surface area contributed by atoms with Gasteiger partial charge in [0.1, 0.15) is 0 Å². The van der Waals surface area contributed by atoms with E-state index in [0.717, 1.165) is 12.0 Å². The summed E-state index contributed by atoms with van der Waals surface area (Å²) >= 11 is 2.13. The SMILES string of the molecule is CCN1CCC(CNC2CSCC(C)(C)C2)CC1. The van der Waals surface area contributed by atoms with E-state index in [-0.39, 0.29) is 0 Å². The third-order valence-corrected chi connectivity index (χ3v) is 6.08. The average Bonchev–Trinajstić information content (AvgIpc) is 2.36. The second-order valence-electron chi connectivity index (χ2n) is 6.87. The summed E-state index contributed by atoms with van der Waals surface area (Å²) in [7, 11) is 0. The van der Waals surface area contributed by atoms with Crippen LogP contribution in [0.1, 0.15) is 40.0 Å². The van der Waals surface area contributed by atoms with Crippen molar-refractivity contribution in [1.29, 1.82) is 0 Å². The maximum absolute atomic E-state index is 3.84. The molecule has 0 amide bonds. The second kappa shape index (κ2) is 6.62. The molecular weight excluding hydrogens is 240 g/mol. The zero-order chi connectivity index (χ0) is 13.0. The topological polar surface area (TPSA) is 15.3 Å². The highest BCUT2D eigenvalue weighted by atomic mass is 32.2. The van der Waals surface area contributed by atoms with Gasteiger partial charge in [0.15, 0.2) is 0 Å². The number of thioether (sulfide) groups is 1. The minimum Gasteiger partial charge on any atom is -0.313 e. The van der Waals surface area contributed by atoms with Crippen LogP contribution in [0.4, 0.5) is 0 Å². The van der Waals surface area contributed by atoms with E-state index in [1.807, 2.05) is 0 Å². The van der Waals surface area contributed by atoms with E-state index in [1.165, 1.54) is 56.9 Å². The number of hydrogen-bond donors (Lipinski definition) is 1. The molecule has 0 saturated carbocycles. The van der Waals surface area contributed by atoms with Crippen LogP contribution in [-0.4, -0.2) is 48.6 Å². The van der Waals surface area contributed by atoms with E-state index in [0.29, 0.717) is 5.41 Å². The lowest BCUT2D eigenvalue weighted by Crippen LogP contribution is -2.44. The first-order chi connectivity index (χ1) is 8.59. The van der Waals surface area contributed by atoms with Crippen LogP contribution in [-0.2, 0) is 0 Å². The van der Waals surface area contributed by atoms with Crippen molar-refractivity contribution in [3.8, 4) is 0 Å². The molecular formula is C15H30N2S. The predicted octanol–water partition coefficient (Wildman–Crippen LogP) is 2.84. The first-order valence-corrected chi connectivity index (χ1v) is 8.78. The van der Waals surface area contributed by atoms with Crippen LogP contribution in [0.25, 0.3) is 0 Å². The normalized spacial score (nSPS) is 30.5. The maximum Gasteiger partial charge on any atom is 0.0163 e. The van der Waals surface area contributed by atoms with Gasteiger partial charge in [-0.1, -0.05) is 20.8 Å². The molecule has 2 aliphatic rings. The van der Waals surface area contributed by atoms with Crippen molar-refractivity contribution in [2.75, 3.05) is 37.7 Å². The highest BCUT2D eigenvalue weighted by molar-refractivity contribution is 7.99. The molecule has 106 valence electrons. The summed E-state index contributed by atoms with van der Waals surface area (Å²) in [5.74, 6) is 3.57. The average molecular weight is 270 g/mol. The minimum atomic E-state index is 0.534. The van der Waals surface area contributed by atoms with E-state index in [1.54, 1.807) is 0 Å². The van der Waals surface area contributed by atoms with Gasteiger partial charge >= 0.3 is 0 Å². The minimum absolute atomic E-state index is 0.534. The summed E-state index contributed by atoms with van der Waals surface area (Å²) in [4.78, 5) is 2.58. The summed E-state index contributed by atoms with van der Waals surface area (Å²) in [5.41, 5.74) is 0.534. The van der Waals surface area contributed by atoms with Crippen molar-refractivity contribution < 1.29 is 0 Å². The van der Waals surface area contributed by atoms with Gasteiger partial charge < -0.3 is 10.2 Å². The molecule has 18 heavy (non-hydrogen) atoms. The Morgan fingerprint density at radius 2 is 2.00 bits per heavy atom. The predicted molar refractivity (Wildman–Crippen MR) is 82.4 cm³/mol. The van der Waals surface area contributed by atoms with Crippen LogP contribution in [0.3, 0.4) is 0 Å². The summed E-state index contributed by atoms with van der Waals surface area (Å²) in [5, 5.41) is 3.84. The summed E-state index contributed by atoms with van der Waals surface area (Å²) < 4.78 is 0. The molecule has 0 aromatic heterocycles. The zero-order valence-corrected chi connectivity index (χ0v) is 13.2. The molecule has 0 aromatic carbocycles. The van der Waals surface area contributed by atoms with Gasteiger partial charge in [-0.2, -0.15) is 11.8 Å². The Hall–Kier alpha value is 0.270. The molecule has 0 bridgehead atoms. The second-order valence-corrected chi connectivity index (χ2v) is 7.90. The maximum atomic E-state index is 3.84. The molecule has 2 heterocycles. The van der Waals surface area contributed by atoms with E-state index in [9.17, 15) is 0 Å². The van der Waals surface area contributed by atoms with Gasteiger partial charge in [-0.3, -0.25) is 0 Å². The van der Waals surface area contributed by atoms with Crippen molar-refractivity contribution in [2.45, 2.75) is 46.1 Å². The fourth-order valence-electron chi connectivity index (χ4n) is 3.23. The first kappa shape index (κ1) is 14.7. The van der Waals surface area contributed by atoms with Crippen LogP contribution in [0.5, 0.6) is 0 Å². The fraction of sp³-hybridized carbons (Fsp3) is 1.00. The van der Waals surface area contributed by atoms with E-state index < -0.39 is 0 Å². The number of piperidine rings is 1. The summed E-state index contributed by atoms with van der Waals surface area (Å²) in [6.07, 6.45) is 4.14. The highest BCUT2D eigenvalue weighted by Crippen LogP contribution is 2.33. The zero-order valence-electron chi connectivity index (χ0n) is 12.4. The third kappa shape index (κ3) is 4.43. The first-order valence-electron chi connectivity index (χ1n) is 7.62. The van der Waals surface area contributed by atoms with Gasteiger partial charge in [-0.25, -0.2) is 0 Å². The largest absolute Gasteiger partial charge is 0.313 e. The fourth-order valence-corrected chi connectivity index (χ4v) is 4.54. The molecule has 2 saturated heterocycles. The van der Waals surface area contributed by atoms with Crippen LogP contribution in [0, 0.1) is 11.3 Å². The van der Waals surface area contributed by atoms with Gasteiger partial charge in [0.2, 0.25) is 0 Å². The van der Waals surface area contributed by atoms with Gasteiger partial charge in [0.05, 0.1) is 0 Å². The Morgan fingerprint density at radius 1 is 1.28 bits per heavy atom. The number of nitrogens with zero attached hydrogens (tertiary/aromatic N) is 1. The van der Waals surface area contributed by atoms with Gasteiger partial charge in [0.25, 0.3) is 0 Å². The lowest BCUT2D eigenvalue weighted by molar-refractivity contribution is 0.185. The smallest absolute Gasteiger partial charge is 0.0163 e. The van der Waals surface area contributed by atoms with Crippen LogP contribution >= 0.6 is 11.8 Å². The Bertz CT molecular complexity index is 247. The van der Waals surface area contributed by atoms with Crippen molar-refractivity contribution >= 4 is 11.8 Å². The van der Waals surface area contributed by atoms with E-state index in [4.69, 9.17) is 0 Å². The molecule has 2 rings (SSSR count). The standard InChI is InChI=1S/C15H30N2S/c1-4-17-7-5-13(6-8-17)10-16-14-9-15(2,3)12-18-11-14/h13-14,16H,4-12H2,1-3H3. The molecule has 1 atom stereocenters. The van der Waals surface area contributed by atoms with Gasteiger partial charge in [0, 0.05) is 11.8 Å². The van der Waals surface area contributed by atoms with Crippen molar-refractivity contribution in [3.05, 3.63) is 0 Å². The van der Waals surface area contributed by atoms with Crippen molar-refractivity contribution in [2.24, 2.45) is 11.3 Å². The number of nitrogens with one attached hydrogen (secondary N) is 1. The molecule has 2 nitrogen and oxygen atoms in total. The Kier molecular flexibility index (Phi) is 5.40. The number of likely N-dealkylation sites (tertiary alicyclic amines) is 1. The van der Waals surface area contributed by atoms with Crippen molar-refractivity contribution in [1.82, 2.24) is 10.2 Å². The molecule has 0 radical (unpaired) electrons.